The van der Waals surface area contributed by atoms with Crippen LogP contribution in [0.1, 0.15) is 5.56 Å². The molecule has 6 rings (SSSR count). The van der Waals surface area contributed by atoms with Crippen molar-refractivity contribution in [2.24, 2.45) is 0 Å². The number of nitrogens with zero attached hydrogens (tertiary/aromatic N) is 4. The number of fused-ring (bicyclic) bond motifs is 2. The highest BCUT2D eigenvalue weighted by atomic mass is 32.2. The Balaban J connectivity index is 1.43. The molecule has 10 nitrogen and oxygen atoms in total. The number of halogens is 1. The van der Waals surface area contributed by atoms with Crippen molar-refractivity contribution in [3.8, 4) is 33.8 Å². The minimum atomic E-state index is -3.42. The molecule has 0 aliphatic heterocycles. The summed E-state index contributed by atoms with van der Waals surface area (Å²) in [5, 5.41) is 9.18. The minimum Gasteiger partial charge on any atom is -0.397 e. The van der Waals surface area contributed by atoms with Gasteiger partial charge in [0.1, 0.15) is 11.5 Å². The molecule has 0 aliphatic rings. The fourth-order valence-corrected chi connectivity index (χ4v) is 4.84. The van der Waals surface area contributed by atoms with Crippen molar-refractivity contribution in [2.45, 2.75) is 6.54 Å². The maximum absolute atomic E-state index is 14.5. The summed E-state index contributed by atoms with van der Waals surface area (Å²) in [6.45, 7) is -0.0242. The van der Waals surface area contributed by atoms with E-state index < -0.39 is 15.8 Å². The van der Waals surface area contributed by atoms with E-state index in [1.54, 1.807) is 43.1 Å². The van der Waals surface area contributed by atoms with Crippen LogP contribution in [0.3, 0.4) is 0 Å². The van der Waals surface area contributed by atoms with E-state index in [-0.39, 0.29) is 6.54 Å². The van der Waals surface area contributed by atoms with Crippen LogP contribution in [0.25, 0.3) is 55.6 Å². The molecule has 1 aromatic carbocycles. The van der Waals surface area contributed by atoms with Crippen molar-refractivity contribution in [2.75, 3.05) is 12.0 Å². The van der Waals surface area contributed by atoms with Gasteiger partial charge in [0.25, 0.3) is 0 Å². The average molecular weight is 529 g/mol. The molecule has 0 unspecified atom stereocenters. The lowest BCUT2D eigenvalue weighted by Crippen LogP contribution is -2.21. The molecule has 38 heavy (non-hydrogen) atoms. The third kappa shape index (κ3) is 4.58. The third-order valence-electron chi connectivity index (χ3n) is 6.11. The Hall–Kier alpha value is -4.68. The molecule has 0 radical (unpaired) electrons. The van der Waals surface area contributed by atoms with Crippen molar-refractivity contribution in [1.82, 2.24) is 34.9 Å². The van der Waals surface area contributed by atoms with Crippen LogP contribution >= 0.6 is 0 Å². The fraction of sp³-hybridized carbons (Fsp3) is 0.0769. The van der Waals surface area contributed by atoms with E-state index in [2.05, 4.69) is 34.9 Å². The second kappa shape index (κ2) is 9.01. The van der Waals surface area contributed by atoms with Gasteiger partial charge in [-0.3, -0.25) is 20.1 Å². The number of sulfonamides is 1. The van der Waals surface area contributed by atoms with Gasteiger partial charge in [-0.05, 0) is 47.5 Å². The summed E-state index contributed by atoms with van der Waals surface area (Å²) in [6, 6.07) is 10.1. The Morgan fingerprint density at radius 2 is 1.76 bits per heavy atom. The lowest BCUT2D eigenvalue weighted by molar-refractivity contribution is 0.586. The lowest BCUT2D eigenvalue weighted by atomic mass is 10.0. The first-order chi connectivity index (χ1) is 18.2. The van der Waals surface area contributed by atoms with Gasteiger partial charge in [0.15, 0.2) is 0 Å². The van der Waals surface area contributed by atoms with Gasteiger partial charge in [0.05, 0.1) is 46.8 Å². The number of nitrogen functional groups attached to an aromatic ring is 1. The number of rotatable bonds is 6. The molecule has 6 aromatic rings. The van der Waals surface area contributed by atoms with Gasteiger partial charge in [-0.1, -0.05) is 0 Å². The molecule has 12 heteroatoms. The first-order valence-corrected chi connectivity index (χ1v) is 13.4. The van der Waals surface area contributed by atoms with Gasteiger partial charge >= 0.3 is 0 Å². The van der Waals surface area contributed by atoms with E-state index >= 15 is 0 Å². The number of nitrogens with two attached hydrogens (primary N) is 1. The second-order valence-electron chi connectivity index (χ2n) is 8.97. The van der Waals surface area contributed by atoms with Gasteiger partial charge in [-0.2, -0.15) is 5.10 Å². The Morgan fingerprint density at radius 1 is 0.921 bits per heavy atom. The number of aromatic amines is 2. The molecule has 5 heterocycles. The predicted molar refractivity (Wildman–Crippen MR) is 144 cm³/mol. The van der Waals surface area contributed by atoms with Crippen molar-refractivity contribution >= 4 is 37.5 Å². The van der Waals surface area contributed by atoms with Crippen LogP contribution in [0.2, 0.25) is 0 Å². The summed E-state index contributed by atoms with van der Waals surface area (Å²) in [4.78, 5) is 16.3. The summed E-state index contributed by atoms with van der Waals surface area (Å²) in [7, 11) is -3.42. The number of hydrogen-bond acceptors (Lipinski definition) is 7. The highest BCUT2D eigenvalue weighted by molar-refractivity contribution is 7.88. The van der Waals surface area contributed by atoms with Gasteiger partial charge in [-0.25, -0.2) is 17.5 Å². The molecule has 0 fully saturated rings. The summed E-state index contributed by atoms with van der Waals surface area (Å²) >= 11 is 0. The molecule has 5 N–H and O–H groups in total. The molecule has 0 bridgehead atoms. The van der Waals surface area contributed by atoms with Crippen LogP contribution in [0.15, 0.2) is 67.4 Å². The smallest absolute Gasteiger partial charge is 0.209 e. The number of benzene rings is 1. The van der Waals surface area contributed by atoms with Crippen molar-refractivity contribution in [3.63, 3.8) is 0 Å². The molecular weight excluding hydrogens is 507 g/mol. The van der Waals surface area contributed by atoms with Gasteiger partial charge in [0.2, 0.25) is 10.0 Å². The van der Waals surface area contributed by atoms with Gasteiger partial charge < -0.3 is 10.7 Å². The maximum Gasteiger partial charge on any atom is 0.209 e. The highest BCUT2D eigenvalue weighted by Gasteiger charge is 2.16. The fourth-order valence-electron chi connectivity index (χ4n) is 4.41. The zero-order valence-corrected chi connectivity index (χ0v) is 20.8. The SMILES string of the molecule is CS(=O)(=O)NCc1cc(F)cc(-c2cncc3[nH]c(-c4n[nH]c5cnc(-c6cncc(N)c6)cc45)cc23)c1. The zero-order valence-electron chi connectivity index (χ0n) is 20.0. The van der Waals surface area contributed by atoms with Crippen molar-refractivity contribution in [1.29, 1.82) is 0 Å². The first-order valence-electron chi connectivity index (χ1n) is 11.5. The first kappa shape index (κ1) is 23.7. The summed E-state index contributed by atoms with van der Waals surface area (Å²) in [5.74, 6) is -0.477. The Morgan fingerprint density at radius 3 is 2.58 bits per heavy atom. The quantitative estimate of drug-likeness (QED) is 0.255. The molecule has 0 saturated heterocycles. The molecular formula is C26H21FN8O2S. The van der Waals surface area contributed by atoms with Crippen molar-refractivity contribution < 1.29 is 12.8 Å². The summed E-state index contributed by atoms with van der Waals surface area (Å²) < 4.78 is 39.9. The van der Waals surface area contributed by atoms with Crippen LogP contribution in [0.4, 0.5) is 10.1 Å². The Kier molecular flexibility index (Phi) is 5.62. The second-order valence-corrected chi connectivity index (χ2v) is 10.8. The molecule has 0 atom stereocenters. The van der Waals surface area contributed by atoms with E-state index in [1.165, 1.54) is 12.1 Å². The third-order valence-corrected chi connectivity index (χ3v) is 6.78. The van der Waals surface area contributed by atoms with E-state index in [0.717, 1.165) is 39.3 Å². The number of H-pyrrole nitrogens is 2. The van der Waals surface area contributed by atoms with Crippen molar-refractivity contribution in [3.05, 3.63) is 78.8 Å². The number of aromatic nitrogens is 6. The van der Waals surface area contributed by atoms with E-state index in [4.69, 9.17) is 5.73 Å². The zero-order chi connectivity index (χ0) is 26.4. The van der Waals surface area contributed by atoms with Crippen LogP contribution < -0.4 is 10.5 Å². The largest absolute Gasteiger partial charge is 0.397 e. The minimum absolute atomic E-state index is 0.0242. The standard InChI is InChI=1S/C26H21FN8O2S/c1-38(36,37)32-8-14-2-15(4-17(27)3-14)21-11-30-12-24-19(21)6-23(33-24)26-20-7-22(31-13-25(20)34-35-26)16-5-18(28)10-29-9-16/h2-7,9-13,32-33H,8,28H2,1H3,(H,34,35). The van der Waals surface area contributed by atoms with E-state index in [9.17, 15) is 12.8 Å². The van der Waals surface area contributed by atoms with Crippen LogP contribution in [0.5, 0.6) is 0 Å². The molecule has 190 valence electrons. The molecule has 0 saturated carbocycles. The predicted octanol–water partition coefficient (Wildman–Crippen LogP) is 4.00. The Labute approximate surface area is 216 Å². The van der Waals surface area contributed by atoms with Crippen LogP contribution in [0, 0.1) is 5.82 Å². The van der Waals surface area contributed by atoms with Gasteiger partial charge in [-0.15, -0.1) is 0 Å². The van der Waals surface area contributed by atoms with E-state index in [0.29, 0.717) is 33.8 Å². The molecule has 0 aliphatic carbocycles. The molecule has 0 amide bonds. The normalized spacial score (nSPS) is 11.9. The number of pyridine rings is 3. The number of anilines is 1. The number of nitrogens with one attached hydrogen (secondary N) is 3. The molecule has 5 aromatic heterocycles. The van der Waals surface area contributed by atoms with Gasteiger partial charge in [0, 0.05) is 47.0 Å². The highest BCUT2D eigenvalue weighted by Crippen LogP contribution is 2.35. The van der Waals surface area contributed by atoms with Crippen LogP contribution in [-0.2, 0) is 16.6 Å². The van der Waals surface area contributed by atoms with E-state index in [1.807, 2.05) is 12.1 Å². The monoisotopic (exact) mass is 528 g/mol. The molecule has 0 spiro atoms. The lowest BCUT2D eigenvalue weighted by Gasteiger charge is -2.08. The maximum atomic E-state index is 14.5. The summed E-state index contributed by atoms with van der Waals surface area (Å²) in [5.41, 5.74) is 12.6. The van der Waals surface area contributed by atoms with Crippen LogP contribution in [-0.4, -0.2) is 44.8 Å². The average Bonchev–Trinajstić information content (AvgIpc) is 3.50. The summed E-state index contributed by atoms with van der Waals surface area (Å²) in [6.07, 6.45) is 9.38. The Bertz CT molecular complexity index is 1950. The number of hydrogen-bond donors (Lipinski definition) is 4. The topological polar surface area (TPSA) is 155 Å².